The molecule has 0 atom stereocenters. The quantitative estimate of drug-likeness (QED) is 0.611. The lowest BCUT2D eigenvalue weighted by Gasteiger charge is -2.03. The van der Waals surface area contributed by atoms with E-state index in [4.69, 9.17) is 0 Å². The molecule has 0 saturated carbocycles. The summed E-state index contributed by atoms with van der Waals surface area (Å²) in [4.78, 5) is 48.6. The average Bonchev–Trinajstić information content (AvgIpc) is 2.14. The van der Waals surface area contributed by atoms with Gasteiger partial charge in [-0.15, -0.1) is 0 Å². The van der Waals surface area contributed by atoms with Crippen molar-refractivity contribution >= 4 is 5.91 Å². The van der Waals surface area contributed by atoms with E-state index in [1.807, 2.05) is 9.97 Å². The van der Waals surface area contributed by atoms with Crippen molar-refractivity contribution in [1.29, 1.82) is 0 Å². The molecule has 0 aromatic carbocycles. The Hall–Kier alpha value is -2.18. The molecule has 1 heterocycles. The van der Waals surface area contributed by atoms with Gasteiger partial charge in [0, 0.05) is 5.57 Å². The van der Waals surface area contributed by atoms with Crippen LogP contribution in [0.4, 0.5) is 0 Å². The summed E-state index contributed by atoms with van der Waals surface area (Å²) in [6.07, 6.45) is 0. The molecule has 7 heteroatoms. The minimum Gasteiger partial charge on any atom is -0.268 e. The average molecular weight is 225 g/mol. The summed E-state index contributed by atoms with van der Waals surface area (Å²) in [6.45, 7) is 4.85. The van der Waals surface area contributed by atoms with E-state index in [1.165, 1.54) is 6.92 Å². The normalized spacial score (nSPS) is 9.94. The Morgan fingerprint density at radius 3 is 1.81 bits per heavy atom. The number of rotatable bonds is 1. The fraction of sp³-hybridized carbons (Fsp3) is 0.333. The Morgan fingerprint density at radius 2 is 1.44 bits per heavy atom. The number of nitrogens with one attached hydrogen (secondary N) is 2. The van der Waals surface area contributed by atoms with E-state index in [0.717, 1.165) is 0 Å². The summed E-state index contributed by atoms with van der Waals surface area (Å²) >= 11 is 0. The molecular formula is C9H11N3O4. The van der Waals surface area contributed by atoms with Gasteiger partial charge < -0.3 is 0 Å². The molecule has 2 N–H and O–H groups in total. The predicted molar refractivity (Wildman–Crippen MR) is 56.6 cm³/mol. The van der Waals surface area contributed by atoms with E-state index in [9.17, 15) is 19.2 Å². The molecule has 0 aliphatic heterocycles. The van der Waals surface area contributed by atoms with Crippen LogP contribution in [0.25, 0.3) is 0 Å². The molecule has 0 amide bonds. The summed E-state index contributed by atoms with van der Waals surface area (Å²) in [6, 6.07) is 0. The van der Waals surface area contributed by atoms with Crippen molar-refractivity contribution in [2.75, 3.05) is 0 Å². The highest BCUT2D eigenvalue weighted by atomic mass is 16.2. The summed E-state index contributed by atoms with van der Waals surface area (Å²) < 4.78 is 0.351. The zero-order chi connectivity index (χ0) is 12.5. The smallest absolute Gasteiger partial charge is 0.268 e. The Bertz CT molecular complexity index is 591. The van der Waals surface area contributed by atoms with E-state index < -0.39 is 23.0 Å². The first-order valence-corrected chi connectivity index (χ1v) is 4.49. The SMILES string of the molecule is CC(C)=C(C)C(=O)n1c(=O)[nH]c(=O)[nH]c1=O. The maximum absolute atomic E-state index is 11.7. The molecule has 7 nitrogen and oxygen atoms in total. The number of hydrogen-bond donors (Lipinski definition) is 2. The van der Waals surface area contributed by atoms with Crippen molar-refractivity contribution in [3.63, 3.8) is 0 Å². The van der Waals surface area contributed by atoms with Crippen LogP contribution in [0.15, 0.2) is 25.5 Å². The number of H-pyrrole nitrogens is 2. The van der Waals surface area contributed by atoms with Gasteiger partial charge in [0.1, 0.15) is 0 Å². The highest BCUT2D eigenvalue weighted by Gasteiger charge is 2.14. The number of aromatic amines is 2. The molecule has 0 radical (unpaired) electrons. The number of aromatic nitrogens is 3. The Morgan fingerprint density at radius 1 is 1.00 bits per heavy atom. The summed E-state index contributed by atoms with van der Waals surface area (Å²) in [7, 11) is 0. The maximum atomic E-state index is 11.7. The second-order valence-corrected chi connectivity index (χ2v) is 3.45. The molecule has 16 heavy (non-hydrogen) atoms. The number of carbonyl (C=O) groups excluding carboxylic acids is 1. The molecule has 1 aromatic heterocycles. The van der Waals surface area contributed by atoms with E-state index in [0.29, 0.717) is 10.1 Å². The number of carbonyl (C=O) groups is 1. The third-order valence-corrected chi connectivity index (χ3v) is 2.12. The highest BCUT2D eigenvalue weighted by Crippen LogP contribution is 2.02. The highest BCUT2D eigenvalue weighted by molar-refractivity contribution is 5.95. The minimum atomic E-state index is -1.04. The van der Waals surface area contributed by atoms with Gasteiger partial charge in [-0.3, -0.25) is 14.8 Å². The molecular weight excluding hydrogens is 214 g/mol. The van der Waals surface area contributed by atoms with Crippen LogP contribution in [0.5, 0.6) is 0 Å². The monoisotopic (exact) mass is 225 g/mol. The number of nitrogens with zero attached hydrogens (tertiary/aromatic N) is 1. The molecule has 1 aromatic rings. The van der Waals surface area contributed by atoms with Crippen LogP contribution in [0.2, 0.25) is 0 Å². The molecule has 0 aliphatic rings. The van der Waals surface area contributed by atoms with Gasteiger partial charge in [0.2, 0.25) is 0 Å². The topological polar surface area (TPSA) is 105 Å². The lowest BCUT2D eigenvalue weighted by atomic mass is 10.1. The second-order valence-electron chi connectivity index (χ2n) is 3.45. The first kappa shape index (κ1) is 11.9. The van der Waals surface area contributed by atoms with Gasteiger partial charge in [-0.25, -0.2) is 14.4 Å². The van der Waals surface area contributed by atoms with Crippen LogP contribution < -0.4 is 17.1 Å². The first-order valence-electron chi connectivity index (χ1n) is 4.49. The van der Waals surface area contributed by atoms with E-state index in [-0.39, 0.29) is 5.57 Å². The van der Waals surface area contributed by atoms with Gasteiger partial charge in [0.25, 0.3) is 5.91 Å². The minimum absolute atomic E-state index is 0.277. The Labute approximate surface area is 89.4 Å². The first-order chi connectivity index (χ1) is 7.34. The fourth-order valence-electron chi connectivity index (χ4n) is 0.996. The lowest BCUT2D eigenvalue weighted by molar-refractivity contribution is 0.0942. The van der Waals surface area contributed by atoms with Crippen molar-refractivity contribution in [2.24, 2.45) is 0 Å². The zero-order valence-corrected chi connectivity index (χ0v) is 9.08. The van der Waals surface area contributed by atoms with E-state index in [2.05, 4.69) is 0 Å². The van der Waals surface area contributed by atoms with Crippen molar-refractivity contribution in [1.82, 2.24) is 14.5 Å². The number of allylic oxidation sites excluding steroid dienone is 2. The van der Waals surface area contributed by atoms with Crippen molar-refractivity contribution in [2.45, 2.75) is 20.8 Å². The van der Waals surface area contributed by atoms with Crippen LogP contribution in [-0.2, 0) is 0 Å². The van der Waals surface area contributed by atoms with Gasteiger partial charge >= 0.3 is 17.1 Å². The molecule has 0 spiro atoms. The summed E-state index contributed by atoms with van der Waals surface area (Å²) in [5, 5.41) is 0. The van der Waals surface area contributed by atoms with Crippen LogP contribution in [0.3, 0.4) is 0 Å². The van der Waals surface area contributed by atoms with Crippen molar-refractivity contribution < 1.29 is 4.79 Å². The van der Waals surface area contributed by atoms with Crippen LogP contribution >= 0.6 is 0 Å². The summed E-state index contributed by atoms with van der Waals surface area (Å²) in [5.41, 5.74) is -2.06. The van der Waals surface area contributed by atoms with E-state index >= 15 is 0 Å². The molecule has 86 valence electrons. The van der Waals surface area contributed by atoms with Crippen LogP contribution in [0, 0.1) is 0 Å². The van der Waals surface area contributed by atoms with Crippen LogP contribution in [-0.4, -0.2) is 20.4 Å². The Kier molecular flexibility index (Phi) is 3.07. The van der Waals surface area contributed by atoms with E-state index in [1.54, 1.807) is 13.8 Å². The van der Waals surface area contributed by atoms with Crippen molar-refractivity contribution in [3.8, 4) is 0 Å². The molecule has 0 bridgehead atoms. The molecule has 0 saturated heterocycles. The third-order valence-electron chi connectivity index (χ3n) is 2.12. The van der Waals surface area contributed by atoms with Crippen LogP contribution in [0.1, 0.15) is 25.6 Å². The lowest BCUT2D eigenvalue weighted by Crippen LogP contribution is -2.46. The van der Waals surface area contributed by atoms with Gasteiger partial charge in [-0.2, -0.15) is 4.57 Å². The predicted octanol–water partition coefficient (Wildman–Crippen LogP) is -0.779. The largest absolute Gasteiger partial charge is 0.340 e. The fourth-order valence-corrected chi connectivity index (χ4v) is 0.996. The third kappa shape index (κ3) is 2.08. The standard InChI is InChI=1S/C9H11N3O4/c1-4(2)5(3)6(13)12-8(15)10-7(14)11-9(12)16/h1-3H3,(H2,10,11,14,15,16). The second kappa shape index (κ2) is 4.13. The van der Waals surface area contributed by atoms with Gasteiger partial charge in [-0.1, -0.05) is 5.57 Å². The number of hydrogen-bond acceptors (Lipinski definition) is 4. The molecule has 0 aliphatic carbocycles. The van der Waals surface area contributed by atoms with Gasteiger partial charge in [-0.05, 0) is 20.8 Å². The van der Waals surface area contributed by atoms with Crippen molar-refractivity contribution in [3.05, 3.63) is 42.6 Å². The molecule has 1 rings (SSSR count). The zero-order valence-electron chi connectivity index (χ0n) is 9.08. The summed E-state index contributed by atoms with van der Waals surface area (Å²) in [5.74, 6) is -0.748. The van der Waals surface area contributed by atoms with Gasteiger partial charge in [0.05, 0.1) is 0 Å². The maximum Gasteiger partial charge on any atom is 0.340 e. The van der Waals surface area contributed by atoms with Gasteiger partial charge in [0.15, 0.2) is 0 Å². The molecule has 0 unspecified atom stereocenters. The Balaban J connectivity index is 3.55. The molecule has 0 fully saturated rings.